The molecule has 0 bridgehead atoms. The first kappa shape index (κ1) is 15.0. The van der Waals surface area contributed by atoms with Crippen LogP contribution in [0.4, 0.5) is 0 Å². The maximum absolute atomic E-state index is 12.5. The van der Waals surface area contributed by atoms with Crippen molar-refractivity contribution in [1.29, 1.82) is 0 Å². The van der Waals surface area contributed by atoms with Crippen molar-refractivity contribution in [3.05, 3.63) is 17.7 Å². The lowest BCUT2D eigenvalue weighted by Crippen LogP contribution is -2.53. The molecular formula is C14H25N5O. The van der Waals surface area contributed by atoms with Crippen molar-refractivity contribution >= 4 is 5.91 Å². The van der Waals surface area contributed by atoms with Gasteiger partial charge in [0, 0.05) is 45.1 Å². The van der Waals surface area contributed by atoms with E-state index in [0.717, 1.165) is 37.7 Å². The standard InChI is InChI=1S/C14H25N5O/c1-11-9-15-13(16-11)10-18(4)14(20)12(2)19-7-5-17(3)6-8-19/h9,12H,5-8,10H2,1-4H3,(H,15,16). The van der Waals surface area contributed by atoms with Crippen molar-refractivity contribution < 1.29 is 4.79 Å². The second-order valence-electron chi connectivity index (χ2n) is 5.72. The average Bonchev–Trinajstić information content (AvgIpc) is 2.83. The van der Waals surface area contributed by atoms with E-state index in [4.69, 9.17) is 0 Å². The molecule has 6 nitrogen and oxygen atoms in total. The molecule has 0 radical (unpaired) electrons. The zero-order valence-electron chi connectivity index (χ0n) is 12.9. The van der Waals surface area contributed by atoms with E-state index >= 15 is 0 Å². The Balaban J connectivity index is 1.89. The van der Waals surface area contributed by atoms with E-state index < -0.39 is 0 Å². The molecule has 1 aromatic rings. The van der Waals surface area contributed by atoms with E-state index in [2.05, 4.69) is 26.8 Å². The number of hydrogen-bond donors (Lipinski definition) is 1. The first-order valence-corrected chi connectivity index (χ1v) is 7.15. The lowest BCUT2D eigenvalue weighted by atomic mass is 10.2. The van der Waals surface area contributed by atoms with Crippen LogP contribution in [-0.2, 0) is 11.3 Å². The Kier molecular flexibility index (Phi) is 4.77. The largest absolute Gasteiger partial charge is 0.345 e. The van der Waals surface area contributed by atoms with E-state index in [1.807, 2.05) is 20.9 Å². The summed E-state index contributed by atoms with van der Waals surface area (Å²) in [5.41, 5.74) is 1.02. The van der Waals surface area contributed by atoms with Gasteiger partial charge >= 0.3 is 0 Å². The Morgan fingerprint density at radius 1 is 1.45 bits per heavy atom. The summed E-state index contributed by atoms with van der Waals surface area (Å²) in [7, 11) is 3.96. The maximum atomic E-state index is 12.5. The third kappa shape index (κ3) is 3.58. The van der Waals surface area contributed by atoms with Crippen LogP contribution in [0.25, 0.3) is 0 Å². The van der Waals surface area contributed by atoms with Crippen molar-refractivity contribution in [3.63, 3.8) is 0 Å². The van der Waals surface area contributed by atoms with Crippen LogP contribution in [-0.4, -0.2) is 76.9 Å². The molecule has 1 aliphatic heterocycles. The molecule has 1 unspecified atom stereocenters. The Morgan fingerprint density at radius 3 is 2.65 bits per heavy atom. The number of aromatic amines is 1. The molecule has 0 spiro atoms. The third-order valence-electron chi connectivity index (χ3n) is 3.96. The molecule has 112 valence electrons. The second kappa shape index (κ2) is 6.37. The zero-order chi connectivity index (χ0) is 14.7. The molecule has 1 saturated heterocycles. The topological polar surface area (TPSA) is 55.5 Å². The molecular weight excluding hydrogens is 254 g/mol. The van der Waals surface area contributed by atoms with E-state index in [0.29, 0.717) is 6.54 Å². The van der Waals surface area contributed by atoms with Crippen LogP contribution in [0.15, 0.2) is 6.20 Å². The summed E-state index contributed by atoms with van der Waals surface area (Å²) >= 11 is 0. The summed E-state index contributed by atoms with van der Waals surface area (Å²) in [5, 5.41) is 0. The van der Waals surface area contributed by atoms with Gasteiger partial charge in [0.2, 0.25) is 5.91 Å². The normalized spacial score (nSPS) is 19.0. The van der Waals surface area contributed by atoms with Crippen molar-refractivity contribution in [2.45, 2.75) is 26.4 Å². The van der Waals surface area contributed by atoms with E-state index in [-0.39, 0.29) is 11.9 Å². The summed E-state index contributed by atoms with van der Waals surface area (Å²) in [4.78, 5) is 26.2. The van der Waals surface area contributed by atoms with Gasteiger partial charge < -0.3 is 14.8 Å². The molecule has 20 heavy (non-hydrogen) atoms. The van der Waals surface area contributed by atoms with Crippen LogP contribution in [0, 0.1) is 6.92 Å². The summed E-state index contributed by atoms with van der Waals surface area (Å²) in [6.45, 7) is 8.46. The number of hydrogen-bond acceptors (Lipinski definition) is 4. The fourth-order valence-corrected chi connectivity index (χ4v) is 2.53. The number of rotatable bonds is 4. The Labute approximate surface area is 120 Å². The number of piperazine rings is 1. The summed E-state index contributed by atoms with van der Waals surface area (Å²) in [5.74, 6) is 0.993. The summed E-state index contributed by atoms with van der Waals surface area (Å²) in [6.07, 6.45) is 1.79. The number of nitrogens with zero attached hydrogens (tertiary/aromatic N) is 4. The number of carbonyl (C=O) groups is 1. The van der Waals surface area contributed by atoms with Gasteiger partial charge in [0.15, 0.2) is 0 Å². The summed E-state index contributed by atoms with van der Waals surface area (Å²) < 4.78 is 0. The molecule has 1 aromatic heterocycles. The van der Waals surface area contributed by atoms with Gasteiger partial charge in [-0.3, -0.25) is 9.69 Å². The van der Waals surface area contributed by atoms with Crippen LogP contribution in [0.2, 0.25) is 0 Å². The Morgan fingerprint density at radius 2 is 2.10 bits per heavy atom. The smallest absolute Gasteiger partial charge is 0.239 e. The molecule has 1 N–H and O–H groups in total. The monoisotopic (exact) mass is 279 g/mol. The quantitative estimate of drug-likeness (QED) is 0.862. The highest BCUT2D eigenvalue weighted by atomic mass is 16.2. The highest BCUT2D eigenvalue weighted by Gasteiger charge is 2.26. The number of imidazole rings is 1. The molecule has 1 fully saturated rings. The number of likely N-dealkylation sites (N-methyl/N-ethyl adjacent to an activating group) is 2. The SMILES string of the molecule is Cc1cnc(CN(C)C(=O)C(C)N2CCN(C)CC2)[nH]1. The predicted molar refractivity (Wildman–Crippen MR) is 78.3 cm³/mol. The minimum atomic E-state index is -0.0650. The van der Waals surface area contributed by atoms with Crippen molar-refractivity contribution in [2.24, 2.45) is 0 Å². The van der Waals surface area contributed by atoms with E-state index in [1.165, 1.54) is 0 Å². The van der Waals surface area contributed by atoms with Gasteiger partial charge in [0.05, 0.1) is 12.6 Å². The molecule has 0 aliphatic carbocycles. The minimum absolute atomic E-state index is 0.0650. The average molecular weight is 279 g/mol. The van der Waals surface area contributed by atoms with Crippen LogP contribution < -0.4 is 0 Å². The first-order chi connectivity index (χ1) is 9.47. The molecule has 0 aromatic carbocycles. The molecule has 1 amide bonds. The van der Waals surface area contributed by atoms with Crippen LogP contribution in [0.3, 0.4) is 0 Å². The second-order valence-corrected chi connectivity index (χ2v) is 5.72. The number of nitrogens with one attached hydrogen (secondary N) is 1. The van der Waals surface area contributed by atoms with Gasteiger partial charge in [-0.2, -0.15) is 0 Å². The van der Waals surface area contributed by atoms with Gasteiger partial charge in [-0.05, 0) is 20.9 Å². The Bertz CT molecular complexity index is 450. The minimum Gasteiger partial charge on any atom is -0.345 e. The fraction of sp³-hybridized carbons (Fsp3) is 0.714. The predicted octanol–water partition coefficient (Wildman–Crippen LogP) is 0.312. The molecule has 0 saturated carbocycles. The lowest BCUT2D eigenvalue weighted by molar-refractivity contribution is -0.136. The molecule has 1 aliphatic rings. The molecule has 6 heteroatoms. The lowest BCUT2D eigenvalue weighted by Gasteiger charge is -2.36. The van der Waals surface area contributed by atoms with Gasteiger partial charge in [-0.15, -0.1) is 0 Å². The fourth-order valence-electron chi connectivity index (χ4n) is 2.53. The summed E-state index contributed by atoms with van der Waals surface area (Å²) in [6, 6.07) is -0.0650. The van der Waals surface area contributed by atoms with Crippen LogP contribution in [0.5, 0.6) is 0 Å². The molecule has 2 rings (SSSR count). The molecule has 2 heterocycles. The highest BCUT2D eigenvalue weighted by Crippen LogP contribution is 2.09. The van der Waals surface area contributed by atoms with E-state index in [1.54, 1.807) is 11.1 Å². The molecule has 1 atom stereocenters. The Hall–Kier alpha value is -1.40. The third-order valence-corrected chi connectivity index (χ3v) is 3.96. The van der Waals surface area contributed by atoms with Crippen LogP contribution in [0.1, 0.15) is 18.4 Å². The van der Waals surface area contributed by atoms with E-state index in [9.17, 15) is 4.79 Å². The van der Waals surface area contributed by atoms with Crippen LogP contribution >= 0.6 is 0 Å². The maximum Gasteiger partial charge on any atom is 0.239 e. The highest BCUT2D eigenvalue weighted by molar-refractivity contribution is 5.81. The van der Waals surface area contributed by atoms with Crippen molar-refractivity contribution in [3.8, 4) is 0 Å². The first-order valence-electron chi connectivity index (χ1n) is 7.15. The number of aryl methyl sites for hydroxylation is 1. The van der Waals surface area contributed by atoms with Gasteiger partial charge in [0.25, 0.3) is 0 Å². The van der Waals surface area contributed by atoms with Crippen molar-refractivity contribution in [1.82, 2.24) is 24.7 Å². The number of carbonyl (C=O) groups excluding carboxylic acids is 1. The van der Waals surface area contributed by atoms with Gasteiger partial charge in [-0.25, -0.2) is 4.98 Å². The zero-order valence-corrected chi connectivity index (χ0v) is 12.9. The number of H-pyrrole nitrogens is 1. The van der Waals surface area contributed by atoms with Gasteiger partial charge in [0.1, 0.15) is 5.82 Å². The van der Waals surface area contributed by atoms with Crippen molar-refractivity contribution in [2.75, 3.05) is 40.3 Å². The number of aromatic nitrogens is 2. The van der Waals surface area contributed by atoms with Gasteiger partial charge in [-0.1, -0.05) is 0 Å². The number of amides is 1.